The lowest BCUT2D eigenvalue weighted by Gasteiger charge is -2.38. The van der Waals surface area contributed by atoms with E-state index in [2.05, 4.69) is 12.2 Å². The van der Waals surface area contributed by atoms with Gasteiger partial charge < -0.3 is 19.7 Å². The van der Waals surface area contributed by atoms with E-state index >= 15 is 0 Å². The van der Waals surface area contributed by atoms with Crippen LogP contribution in [0.25, 0.3) is 0 Å². The fourth-order valence-electron chi connectivity index (χ4n) is 3.00. The molecule has 5 nitrogen and oxygen atoms in total. The Balaban J connectivity index is 1.86. The number of hydrogen-bond donors (Lipinski definition) is 2. The minimum atomic E-state index is -0.0604. The Kier molecular flexibility index (Phi) is 5.82. The Morgan fingerprint density at radius 2 is 2.19 bits per heavy atom. The number of carbonyl (C=O) groups is 1. The van der Waals surface area contributed by atoms with Crippen molar-refractivity contribution in [2.75, 3.05) is 13.1 Å². The normalized spacial score (nSPS) is 22.5. The van der Waals surface area contributed by atoms with Gasteiger partial charge in [0.05, 0.1) is 6.54 Å². The molecule has 1 aromatic rings. The molecule has 5 heteroatoms. The molecule has 0 saturated carbocycles. The molecule has 2 rings (SSSR count). The number of rotatable bonds is 6. The van der Waals surface area contributed by atoms with Crippen molar-refractivity contribution < 1.29 is 14.3 Å². The molecule has 21 heavy (non-hydrogen) atoms. The van der Waals surface area contributed by atoms with Crippen LogP contribution in [-0.4, -0.2) is 35.0 Å². The predicted octanol–water partition coefficient (Wildman–Crippen LogP) is 1.90. The summed E-state index contributed by atoms with van der Waals surface area (Å²) in [5, 5.41) is 12.5. The van der Waals surface area contributed by atoms with E-state index in [4.69, 9.17) is 9.52 Å². The monoisotopic (exact) mass is 294 g/mol. The lowest BCUT2D eigenvalue weighted by atomic mass is 9.89. The maximum Gasteiger partial charge on any atom is 0.222 e. The lowest BCUT2D eigenvalue weighted by Crippen LogP contribution is -2.50. The third-order valence-electron chi connectivity index (χ3n) is 4.33. The SMILES string of the molecule is CCC(=O)N1CC[C@@H](NCc2ccc(CO)o2)[C@@H](CC)C1. The summed E-state index contributed by atoms with van der Waals surface area (Å²) >= 11 is 0. The first-order valence-electron chi connectivity index (χ1n) is 7.87. The molecule has 1 saturated heterocycles. The van der Waals surface area contributed by atoms with E-state index in [0.29, 0.717) is 30.7 Å². The molecule has 1 fully saturated rings. The van der Waals surface area contributed by atoms with Gasteiger partial charge in [0.2, 0.25) is 5.91 Å². The quantitative estimate of drug-likeness (QED) is 0.841. The molecule has 0 aromatic carbocycles. The van der Waals surface area contributed by atoms with Crippen LogP contribution < -0.4 is 5.32 Å². The maximum absolute atomic E-state index is 11.8. The van der Waals surface area contributed by atoms with Gasteiger partial charge in [-0.1, -0.05) is 20.3 Å². The van der Waals surface area contributed by atoms with Gasteiger partial charge in [-0.3, -0.25) is 4.79 Å². The van der Waals surface area contributed by atoms with Crippen molar-refractivity contribution in [1.82, 2.24) is 10.2 Å². The van der Waals surface area contributed by atoms with Crippen LogP contribution in [0.5, 0.6) is 0 Å². The first-order valence-corrected chi connectivity index (χ1v) is 7.87. The van der Waals surface area contributed by atoms with Crippen molar-refractivity contribution in [3.63, 3.8) is 0 Å². The van der Waals surface area contributed by atoms with E-state index in [9.17, 15) is 4.79 Å². The molecule has 0 bridgehead atoms. The summed E-state index contributed by atoms with van der Waals surface area (Å²) in [7, 11) is 0. The molecule has 2 heterocycles. The zero-order chi connectivity index (χ0) is 15.2. The third-order valence-corrected chi connectivity index (χ3v) is 4.33. The molecule has 1 amide bonds. The number of hydrogen-bond acceptors (Lipinski definition) is 4. The van der Waals surface area contributed by atoms with Gasteiger partial charge in [0, 0.05) is 25.6 Å². The molecule has 0 radical (unpaired) electrons. The number of carbonyl (C=O) groups excluding carboxylic acids is 1. The summed E-state index contributed by atoms with van der Waals surface area (Å²) in [6, 6.07) is 4.12. The highest BCUT2D eigenvalue weighted by atomic mass is 16.4. The first kappa shape index (κ1) is 16.0. The summed E-state index contributed by atoms with van der Waals surface area (Å²) in [6.45, 7) is 6.39. The van der Waals surface area contributed by atoms with Crippen molar-refractivity contribution in [3.8, 4) is 0 Å². The van der Waals surface area contributed by atoms with Crippen molar-refractivity contribution in [1.29, 1.82) is 0 Å². The van der Waals surface area contributed by atoms with E-state index in [0.717, 1.165) is 31.7 Å². The molecular weight excluding hydrogens is 268 g/mol. The van der Waals surface area contributed by atoms with E-state index < -0.39 is 0 Å². The summed E-state index contributed by atoms with van der Waals surface area (Å²) < 4.78 is 5.49. The van der Waals surface area contributed by atoms with Gasteiger partial charge in [-0.05, 0) is 24.5 Å². The van der Waals surface area contributed by atoms with Gasteiger partial charge in [0.15, 0.2) is 0 Å². The number of aliphatic hydroxyl groups is 1. The largest absolute Gasteiger partial charge is 0.462 e. The molecule has 118 valence electrons. The van der Waals surface area contributed by atoms with Crippen LogP contribution in [0, 0.1) is 5.92 Å². The van der Waals surface area contributed by atoms with E-state index in [1.807, 2.05) is 17.9 Å². The van der Waals surface area contributed by atoms with Crippen LogP contribution in [0.15, 0.2) is 16.5 Å². The van der Waals surface area contributed by atoms with Crippen molar-refractivity contribution in [3.05, 3.63) is 23.7 Å². The Morgan fingerprint density at radius 1 is 1.43 bits per heavy atom. The second kappa shape index (κ2) is 7.61. The number of furan rings is 1. The molecule has 1 aliphatic heterocycles. The highest BCUT2D eigenvalue weighted by Gasteiger charge is 2.29. The van der Waals surface area contributed by atoms with E-state index in [1.54, 1.807) is 6.07 Å². The number of piperidine rings is 1. The Bertz CT molecular complexity index is 458. The fourth-order valence-corrected chi connectivity index (χ4v) is 3.00. The number of nitrogens with zero attached hydrogens (tertiary/aromatic N) is 1. The Labute approximate surface area is 126 Å². The van der Waals surface area contributed by atoms with Crippen molar-refractivity contribution >= 4 is 5.91 Å². The summed E-state index contributed by atoms with van der Waals surface area (Å²) in [5.74, 6) is 2.19. The molecule has 0 spiro atoms. The minimum absolute atomic E-state index is 0.0604. The molecule has 2 atom stereocenters. The predicted molar refractivity (Wildman–Crippen MR) is 80.5 cm³/mol. The van der Waals surface area contributed by atoms with Gasteiger partial charge in [-0.2, -0.15) is 0 Å². The van der Waals surface area contributed by atoms with Crippen LogP contribution in [0.2, 0.25) is 0 Å². The van der Waals surface area contributed by atoms with Crippen LogP contribution in [0.1, 0.15) is 44.6 Å². The maximum atomic E-state index is 11.8. The molecular formula is C16H26N2O3. The highest BCUT2D eigenvalue weighted by molar-refractivity contribution is 5.75. The smallest absolute Gasteiger partial charge is 0.222 e. The first-order chi connectivity index (χ1) is 10.2. The van der Waals surface area contributed by atoms with Crippen molar-refractivity contribution in [2.45, 2.75) is 52.3 Å². The number of nitrogens with one attached hydrogen (secondary N) is 1. The van der Waals surface area contributed by atoms with Crippen LogP contribution >= 0.6 is 0 Å². The van der Waals surface area contributed by atoms with Gasteiger partial charge in [0.1, 0.15) is 18.1 Å². The lowest BCUT2D eigenvalue weighted by molar-refractivity contribution is -0.133. The number of likely N-dealkylation sites (tertiary alicyclic amines) is 1. The second-order valence-electron chi connectivity index (χ2n) is 5.66. The topological polar surface area (TPSA) is 65.7 Å². The molecule has 1 aliphatic rings. The average molecular weight is 294 g/mol. The highest BCUT2D eigenvalue weighted by Crippen LogP contribution is 2.21. The van der Waals surface area contributed by atoms with E-state index in [-0.39, 0.29) is 12.5 Å². The molecule has 0 unspecified atom stereocenters. The van der Waals surface area contributed by atoms with Gasteiger partial charge in [-0.15, -0.1) is 0 Å². The average Bonchev–Trinajstić information content (AvgIpc) is 3.00. The minimum Gasteiger partial charge on any atom is -0.462 e. The standard InChI is InChI=1S/C16H26N2O3/c1-3-12-10-18(16(20)4-2)8-7-15(12)17-9-13-5-6-14(11-19)21-13/h5-6,12,15,17,19H,3-4,7-11H2,1-2H3/t12-,15+/m0/s1. The van der Waals surface area contributed by atoms with Crippen molar-refractivity contribution in [2.24, 2.45) is 5.92 Å². The van der Waals surface area contributed by atoms with Crippen LogP contribution in [0.4, 0.5) is 0 Å². The van der Waals surface area contributed by atoms with Gasteiger partial charge in [-0.25, -0.2) is 0 Å². The van der Waals surface area contributed by atoms with E-state index in [1.165, 1.54) is 0 Å². The summed E-state index contributed by atoms with van der Waals surface area (Å²) in [6.07, 6.45) is 2.63. The number of aliphatic hydroxyl groups excluding tert-OH is 1. The zero-order valence-electron chi connectivity index (χ0n) is 13.0. The summed E-state index contributed by atoms with van der Waals surface area (Å²) in [4.78, 5) is 13.8. The number of amides is 1. The third kappa shape index (κ3) is 4.08. The van der Waals surface area contributed by atoms with Gasteiger partial charge >= 0.3 is 0 Å². The second-order valence-corrected chi connectivity index (χ2v) is 5.66. The summed E-state index contributed by atoms with van der Waals surface area (Å²) in [5.41, 5.74) is 0. The molecule has 1 aromatic heterocycles. The molecule has 2 N–H and O–H groups in total. The zero-order valence-corrected chi connectivity index (χ0v) is 13.0. The van der Waals surface area contributed by atoms with Crippen LogP contribution in [0.3, 0.4) is 0 Å². The Morgan fingerprint density at radius 3 is 2.81 bits per heavy atom. The molecule has 0 aliphatic carbocycles. The van der Waals surface area contributed by atoms with Crippen LogP contribution in [-0.2, 0) is 17.9 Å². The Hall–Kier alpha value is -1.33. The van der Waals surface area contributed by atoms with Gasteiger partial charge in [0.25, 0.3) is 0 Å². The fraction of sp³-hybridized carbons (Fsp3) is 0.688.